The predicted octanol–water partition coefficient (Wildman–Crippen LogP) is 5.12. The molecule has 0 aliphatic heterocycles. The summed E-state index contributed by atoms with van der Waals surface area (Å²) in [5.41, 5.74) is 1.10. The zero-order chi connectivity index (χ0) is 30.1. The molecule has 1 fully saturated rings. The van der Waals surface area contributed by atoms with Gasteiger partial charge in [-0.1, -0.05) is 49.6 Å². The van der Waals surface area contributed by atoms with Crippen molar-refractivity contribution < 1.29 is 27.5 Å². The topological polar surface area (TPSA) is 105 Å². The molecule has 0 heterocycles. The molecule has 0 saturated heterocycles. The molecule has 1 atom stereocenters. The minimum atomic E-state index is -3.84. The van der Waals surface area contributed by atoms with Gasteiger partial charge in [0.1, 0.15) is 29.8 Å². The molecule has 1 N–H and O–H groups in total. The van der Waals surface area contributed by atoms with Crippen molar-refractivity contribution in [2.75, 3.05) is 24.2 Å². The number of nitrogens with zero attached hydrogens (tertiary/aromatic N) is 2. The number of hydrogen-bond acceptors (Lipinski definition) is 6. The summed E-state index contributed by atoms with van der Waals surface area (Å²) in [5.74, 6) is 1.10. The highest BCUT2D eigenvalue weighted by molar-refractivity contribution is 7.92. The smallest absolute Gasteiger partial charge is 0.244 e. The van der Waals surface area contributed by atoms with Gasteiger partial charge in [0.15, 0.2) is 0 Å². The van der Waals surface area contributed by atoms with E-state index in [2.05, 4.69) is 5.32 Å². The van der Waals surface area contributed by atoms with Crippen LogP contribution in [0.3, 0.4) is 0 Å². The van der Waals surface area contributed by atoms with Crippen LogP contribution in [-0.4, -0.2) is 57.1 Å². The van der Waals surface area contributed by atoms with Crippen molar-refractivity contribution in [3.05, 3.63) is 84.4 Å². The lowest BCUT2D eigenvalue weighted by Gasteiger charge is -2.33. The number of rotatable bonds is 12. The lowest BCUT2D eigenvalue weighted by molar-refractivity contribution is -0.139. The molecule has 3 aromatic rings. The second-order valence-electron chi connectivity index (χ2n) is 10.6. The number of hydrogen-bond donors (Lipinski definition) is 1. The highest BCUT2D eigenvalue weighted by atomic mass is 32.2. The third-order valence-electron chi connectivity index (χ3n) is 7.41. The van der Waals surface area contributed by atoms with Crippen LogP contribution in [-0.2, 0) is 26.2 Å². The summed E-state index contributed by atoms with van der Waals surface area (Å²) in [7, 11) is -2.27. The molecular formula is C32H39N3O6S. The van der Waals surface area contributed by atoms with Crippen LogP contribution in [0.15, 0.2) is 78.9 Å². The van der Waals surface area contributed by atoms with Gasteiger partial charge < -0.3 is 19.7 Å². The molecule has 3 aromatic carbocycles. The second kappa shape index (κ2) is 14.2. The van der Waals surface area contributed by atoms with Gasteiger partial charge in [-0.05, 0) is 73.9 Å². The Morgan fingerprint density at radius 3 is 2.07 bits per heavy atom. The van der Waals surface area contributed by atoms with Gasteiger partial charge in [0.05, 0.1) is 19.1 Å². The normalized spacial score (nSPS) is 14.5. The van der Waals surface area contributed by atoms with Crippen LogP contribution in [0.5, 0.6) is 17.2 Å². The first-order valence-electron chi connectivity index (χ1n) is 14.2. The lowest BCUT2D eigenvalue weighted by Crippen LogP contribution is -2.52. The summed E-state index contributed by atoms with van der Waals surface area (Å²) in [6.45, 7) is 1.35. The van der Waals surface area contributed by atoms with Crippen LogP contribution in [0.2, 0.25) is 0 Å². The number of amides is 2. The van der Waals surface area contributed by atoms with Crippen molar-refractivity contribution >= 4 is 27.5 Å². The van der Waals surface area contributed by atoms with Crippen molar-refractivity contribution in [3.63, 3.8) is 0 Å². The zero-order valence-corrected chi connectivity index (χ0v) is 25.2. The summed E-state index contributed by atoms with van der Waals surface area (Å²) < 4.78 is 37.9. The number of para-hydroxylation sites is 1. The standard InChI is InChI=1S/C32H39N3O6S/c1-24(32(37)33-26-10-6-4-7-11-26)34(22-25-14-18-28(40-2)19-15-25)31(36)23-35(42(3,38)39)27-16-20-30(21-17-27)41-29-12-8-5-9-13-29/h5,8-9,12-21,24,26H,4,6-7,10-11,22-23H2,1-3H3,(H,33,37). The fourth-order valence-corrected chi connectivity index (χ4v) is 5.85. The van der Waals surface area contributed by atoms with E-state index in [1.807, 2.05) is 42.5 Å². The van der Waals surface area contributed by atoms with Crippen LogP contribution in [0.4, 0.5) is 5.69 Å². The quantitative estimate of drug-likeness (QED) is 0.313. The molecule has 4 rings (SSSR count). The molecule has 42 heavy (non-hydrogen) atoms. The van der Waals surface area contributed by atoms with Crippen LogP contribution in [0.25, 0.3) is 0 Å². The van der Waals surface area contributed by atoms with Gasteiger partial charge in [0.2, 0.25) is 21.8 Å². The Kier molecular flexibility index (Phi) is 10.5. The molecular weight excluding hydrogens is 554 g/mol. The van der Waals surface area contributed by atoms with E-state index < -0.39 is 28.5 Å². The molecule has 10 heteroatoms. The largest absolute Gasteiger partial charge is 0.497 e. The third kappa shape index (κ3) is 8.48. The molecule has 1 unspecified atom stereocenters. The number of benzene rings is 3. The van der Waals surface area contributed by atoms with Gasteiger partial charge in [-0.2, -0.15) is 0 Å². The molecule has 9 nitrogen and oxygen atoms in total. The number of ether oxygens (including phenoxy) is 2. The maximum atomic E-state index is 13.8. The van der Waals surface area contributed by atoms with E-state index in [4.69, 9.17) is 9.47 Å². The first-order chi connectivity index (χ1) is 20.1. The molecule has 224 valence electrons. The van der Waals surface area contributed by atoms with Gasteiger partial charge in [0.25, 0.3) is 0 Å². The first-order valence-corrected chi connectivity index (χ1v) is 16.0. The van der Waals surface area contributed by atoms with Crippen LogP contribution >= 0.6 is 0 Å². The van der Waals surface area contributed by atoms with Crippen molar-refractivity contribution in [2.24, 2.45) is 0 Å². The number of sulfonamides is 1. The second-order valence-corrected chi connectivity index (χ2v) is 12.5. The zero-order valence-electron chi connectivity index (χ0n) is 24.4. The summed E-state index contributed by atoms with van der Waals surface area (Å²) >= 11 is 0. The van der Waals surface area contributed by atoms with Gasteiger partial charge in [-0.25, -0.2) is 8.42 Å². The summed E-state index contributed by atoms with van der Waals surface area (Å²) in [5, 5.41) is 3.10. The maximum absolute atomic E-state index is 13.8. The van der Waals surface area contributed by atoms with E-state index >= 15 is 0 Å². The van der Waals surface area contributed by atoms with Crippen molar-refractivity contribution in [1.29, 1.82) is 0 Å². The predicted molar refractivity (Wildman–Crippen MR) is 163 cm³/mol. The fraction of sp³-hybridized carbons (Fsp3) is 0.375. The Balaban J connectivity index is 1.55. The number of methoxy groups -OCH3 is 1. The number of nitrogens with one attached hydrogen (secondary N) is 1. The summed E-state index contributed by atoms with van der Waals surface area (Å²) in [4.78, 5) is 28.6. The molecule has 0 radical (unpaired) electrons. The highest BCUT2D eigenvalue weighted by Crippen LogP contribution is 2.26. The Hall–Kier alpha value is -4.05. The van der Waals surface area contributed by atoms with Crippen LogP contribution in [0.1, 0.15) is 44.6 Å². The average molecular weight is 594 g/mol. The Morgan fingerprint density at radius 2 is 1.48 bits per heavy atom. The summed E-state index contributed by atoms with van der Waals surface area (Å²) in [6.07, 6.45) is 6.17. The van der Waals surface area contributed by atoms with Gasteiger partial charge in [0, 0.05) is 12.6 Å². The minimum Gasteiger partial charge on any atom is -0.497 e. The van der Waals surface area contributed by atoms with Gasteiger partial charge >= 0.3 is 0 Å². The minimum absolute atomic E-state index is 0.0794. The molecule has 0 spiro atoms. The Morgan fingerprint density at radius 1 is 0.881 bits per heavy atom. The van der Waals surface area contributed by atoms with Crippen LogP contribution < -0.4 is 19.1 Å². The van der Waals surface area contributed by atoms with E-state index in [1.165, 1.54) is 4.90 Å². The van der Waals surface area contributed by atoms with E-state index in [1.54, 1.807) is 50.4 Å². The van der Waals surface area contributed by atoms with E-state index in [-0.39, 0.29) is 18.5 Å². The Labute approximate surface area is 248 Å². The van der Waals surface area contributed by atoms with Crippen LogP contribution in [0, 0.1) is 0 Å². The SMILES string of the molecule is COc1ccc(CN(C(=O)CN(c2ccc(Oc3ccccc3)cc2)S(C)(=O)=O)C(C)C(=O)NC2CCCCC2)cc1. The van der Waals surface area contributed by atoms with E-state index in [0.717, 1.165) is 48.2 Å². The van der Waals surface area contributed by atoms with Crippen molar-refractivity contribution in [1.82, 2.24) is 10.2 Å². The van der Waals surface area contributed by atoms with Gasteiger partial charge in [-0.3, -0.25) is 13.9 Å². The lowest BCUT2D eigenvalue weighted by atomic mass is 9.95. The van der Waals surface area contributed by atoms with Gasteiger partial charge in [-0.15, -0.1) is 0 Å². The highest BCUT2D eigenvalue weighted by Gasteiger charge is 2.31. The average Bonchev–Trinajstić information content (AvgIpc) is 2.99. The summed E-state index contributed by atoms with van der Waals surface area (Å²) in [6, 6.07) is 22.2. The third-order valence-corrected chi connectivity index (χ3v) is 8.55. The maximum Gasteiger partial charge on any atom is 0.244 e. The molecule has 1 aliphatic rings. The Bertz CT molecular complexity index is 1420. The molecule has 1 aliphatic carbocycles. The molecule has 2 amide bonds. The number of carbonyl (C=O) groups is 2. The first kappa shape index (κ1) is 30.9. The number of anilines is 1. The molecule has 1 saturated carbocycles. The van der Waals surface area contributed by atoms with Crippen molar-refractivity contribution in [2.45, 2.75) is 57.7 Å². The number of carbonyl (C=O) groups excluding carboxylic acids is 2. The van der Waals surface area contributed by atoms with Crippen molar-refractivity contribution in [3.8, 4) is 17.2 Å². The monoisotopic (exact) mass is 593 g/mol. The van der Waals surface area contributed by atoms with E-state index in [9.17, 15) is 18.0 Å². The fourth-order valence-electron chi connectivity index (χ4n) is 5.00. The molecule has 0 bridgehead atoms. The van der Waals surface area contributed by atoms with E-state index in [0.29, 0.717) is 22.9 Å². The molecule has 0 aromatic heterocycles.